The zero-order valence-electron chi connectivity index (χ0n) is 16.7. The van der Waals surface area contributed by atoms with Crippen LogP contribution in [0.3, 0.4) is 0 Å². The van der Waals surface area contributed by atoms with Gasteiger partial charge in [0.05, 0.1) is 25.5 Å². The van der Waals surface area contributed by atoms with Gasteiger partial charge in [-0.1, -0.05) is 19.0 Å². The van der Waals surface area contributed by atoms with Gasteiger partial charge in [0.15, 0.2) is 23.2 Å². The first-order valence-electron chi connectivity index (χ1n) is 9.56. The molecule has 1 aromatic heterocycles. The number of halogens is 1. The lowest BCUT2D eigenvalue weighted by Gasteiger charge is -2.13. The lowest BCUT2D eigenvalue weighted by molar-refractivity contribution is 0.297. The van der Waals surface area contributed by atoms with Gasteiger partial charge in [0, 0.05) is 37.2 Å². The molecule has 0 spiro atoms. The number of fused-ring (bicyclic) bond motifs is 1. The Morgan fingerprint density at radius 2 is 1.89 bits per heavy atom. The SMILES string of the molecule is CCC(CC)c1cc(CNC(=NC)Nc2ccc3c(c2)OCCCO3)on1.I. The van der Waals surface area contributed by atoms with Crippen molar-refractivity contribution in [1.82, 2.24) is 10.5 Å². The average Bonchev–Trinajstić information content (AvgIpc) is 3.03. The van der Waals surface area contributed by atoms with Crippen LogP contribution in [-0.2, 0) is 6.54 Å². The van der Waals surface area contributed by atoms with Crippen LogP contribution in [0.4, 0.5) is 5.69 Å². The summed E-state index contributed by atoms with van der Waals surface area (Å²) >= 11 is 0. The third kappa shape index (κ3) is 5.76. The molecule has 0 radical (unpaired) electrons. The van der Waals surface area contributed by atoms with Crippen molar-refractivity contribution in [2.75, 3.05) is 25.6 Å². The van der Waals surface area contributed by atoms with Crippen LogP contribution in [0.2, 0.25) is 0 Å². The van der Waals surface area contributed by atoms with Crippen LogP contribution in [0.15, 0.2) is 33.8 Å². The van der Waals surface area contributed by atoms with Crippen molar-refractivity contribution in [1.29, 1.82) is 0 Å². The second-order valence-electron chi connectivity index (χ2n) is 6.49. The molecule has 2 aromatic rings. The summed E-state index contributed by atoms with van der Waals surface area (Å²) in [5.41, 5.74) is 1.89. The lowest BCUT2D eigenvalue weighted by Crippen LogP contribution is -2.30. The number of ether oxygens (including phenoxy) is 2. The van der Waals surface area contributed by atoms with Gasteiger partial charge >= 0.3 is 0 Å². The summed E-state index contributed by atoms with van der Waals surface area (Å²) in [6.07, 6.45) is 3.00. The van der Waals surface area contributed by atoms with E-state index in [1.54, 1.807) is 7.05 Å². The van der Waals surface area contributed by atoms with E-state index in [0.717, 1.165) is 47.9 Å². The Labute approximate surface area is 183 Å². The molecule has 154 valence electrons. The molecular formula is C20H29IN4O3. The number of hydrogen-bond acceptors (Lipinski definition) is 5. The predicted molar refractivity (Wildman–Crippen MR) is 121 cm³/mol. The second-order valence-corrected chi connectivity index (χ2v) is 6.49. The van der Waals surface area contributed by atoms with Crippen LogP contribution < -0.4 is 20.1 Å². The first-order valence-corrected chi connectivity index (χ1v) is 9.56. The number of hydrogen-bond donors (Lipinski definition) is 2. The molecule has 1 aliphatic heterocycles. The third-order valence-electron chi connectivity index (χ3n) is 4.64. The van der Waals surface area contributed by atoms with Gasteiger partial charge < -0.3 is 24.6 Å². The van der Waals surface area contributed by atoms with Gasteiger partial charge in [0.25, 0.3) is 0 Å². The normalized spacial score (nSPS) is 13.6. The number of benzene rings is 1. The van der Waals surface area contributed by atoms with E-state index in [1.165, 1.54) is 0 Å². The highest BCUT2D eigenvalue weighted by molar-refractivity contribution is 14.0. The number of aromatic nitrogens is 1. The van der Waals surface area contributed by atoms with Crippen LogP contribution >= 0.6 is 24.0 Å². The largest absolute Gasteiger partial charge is 0.490 e. The highest BCUT2D eigenvalue weighted by Crippen LogP contribution is 2.32. The molecule has 8 heteroatoms. The van der Waals surface area contributed by atoms with E-state index in [0.29, 0.717) is 31.6 Å². The summed E-state index contributed by atoms with van der Waals surface area (Å²) in [6.45, 7) is 6.19. The van der Waals surface area contributed by atoms with Crippen LogP contribution in [0.25, 0.3) is 0 Å². The zero-order valence-corrected chi connectivity index (χ0v) is 19.0. The lowest BCUT2D eigenvalue weighted by atomic mass is 9.99. The van der Waals surface area contributed by atoms with E-state index in [-0.39, 0.29) is 24.0 Å². The van der Waals surface area contributed by atoms with Gasteiger partial charge in [-0.25, -0.2) is 0 Å². The molecule has 0 bridgehead atoms. The molecule has 3 rings (SSSR count). The number of rotatable bonds is 6. The maximum Gasteiger partial charge on any atom is 0.195 e. The fourth-order valence-electron chi connectivity index (χ4n) is 3.04. The molecule has 0 saturated carbocycles. The van der Waals surface area contributed by atoms with Gasteiger partial charge in [0.1, 0.15) is 0 Å². The fraction of sp³-hybridized carbons (Fsp3) is 0.500. The minimum Gasteiger partial charge on any atom is -0.490 e. The summed E-state index contributed by atoms with van der Waals surface area (Å²) in [5, 5.41) is 10.7. The van der Waals surface area contributed by atoms with E-state index < -0.39 is 0 Å². The summed E-state index contributed by atoms with van der Waals surface area (Å²) in [7, 11) is 1.73. The van der Waals surface area contributed by atoms with Crippen molar-refractivity contribution in [3.05, 3.63) is 35.7 Å². The topological polar surface area (TPSA) is 80.9 Å². The van der Waals surface area contributed by atoms with E-state index in [2.05, 4.69) is 34.6 Å². The van der Waals surface area contributed by atoms with E-state index in [9.17, 15) is 0 Å². The predicted octanol–water partition coefficient (Wildman–Crippen LogP) is 4.55. The van der Waals surface area contributed by atoms with Crippen LogP contribution in [-0.4, -0.2) is 31.4 Å². The molecule has 7 nitrogen and oxygen atoms in total. The Bertz CT molecular complexity index is 775. The molecule has 2 N–H and O–H groups in total. The zero-order chi connectivity index (χ0) is 19.1. The molecule has 0 saturated heterocycles. The molecule has 1 aliphatic rings. The van der Waals surface area contributed by atoms with Crippen molar-refractivity contribution in [3.8, 4) is 11.5 Å². The summed E-state index contributed by atoms with van der Waals surface area (Å²) < 4.78 is 16.8. The fourth-order valence-corrected chi connectivity index (χ4v) is 3.04. The second kappa shape index (κ2) is 11.1. The Kier molecular flexibility index (Phi) is 8.88. The van der Waals surface area contributed by atoms with Gasteiger partial charge in [0.2, 0.25) is 0 Å². The standard InChI is InChI=1S/C20H28N4O3.HI/c1-4-14(5-2)17-12-16(27-24-17)13-22-20(21-3)23-15-7-8-18-19(11-15)26-10-6-9-25-18;/h7-8,11-12,14H,4-6,9-10,13H2,1-3H3,(H2,21,22,23);1H. The number of nitrogens with zero attached hydrogens (tertiary/aromatic N) is 2. The minimum atomic E-state index is 0. The Morgan fingerprint density at radius 3 is 2.61 bits per heavy atom. The van der Waals surface area contributed by atoms with Crippen LogP contribution in [0.1, 0.15) is 50.5 Å². The van der Waals surface area contributed by atoms with E-state index in [1.807, 2.05) is 24.3 Å². The van der Waals surface area contributed by atoms with Crippen LogP contribution in [0, 0.1) is 0 Å². The van der Waals surface area contributed by atoms with Gasteiger partial charge in [-0.05, 0) is 25.0 Å². The molecule has 0 aliphatic carbocycles. The molecule has 1 aromatic carbocycles. The van der Waals surface area contributed by atoms with Crippen molar-refractivity contribution in [2.45, 2.75) is 45.6 Å². The molecule has 0 fully saturated rings. The quantitative estimate of drug-likeness (QED) is 0.344. The first kappa shape index (κ1) is 22.3. The summed E-state index contributed by atoms with van der Waals surface area (Å²) in [4.78, 5) is 4.26. The third-order valence-corrected chi connectivity index (χ3v) is 4.64. The van der Waals surface area contributed by atoms with Crippen molar-refractivity contribution in [2.24, 2.45) is 4.99 Å². The minimum absolute atomic E-state index is 0. The van der Waals surface area contributed by atoms with Crippen molar-refractivity contribution in [3.63, 3.8) is 0 Å². The number of nitrogens with one attached hydrogen (secondary N) is 2. The maximum absolute atomic E-state index is 5.73. The van der Waals surface area contributed by atoms with E-state index >= 15 is 0 Å². The highest BCUT2D eigenvalue weighted by atomic mass is 127. The molecule has 0 amide bonds. The number of anilines is 1. The Hall–Kier alpha value is -1.97. The molecule has 0 atom stereocenters. The summed E-state index contributed by atoms with van der Waals surface area (Å²) in [6, 6.07) is 7.80. The number of aliphatic imine (C=N–C) groups is 1. The van der Waals surface area contributed by atoms with Gasteiger partial charge in [-0.15, -0.1) is 24.0 Å². The van der Waals surface area contributed by atoms with E-state index in [4.69, 9.17) is 14.0 Å². The number of guanidine groups is 1. The van der Waals surface area contributed by atoms with Crippen molar-refractivity contribution < 1.29 is 14.0 Å². The molecule has 0 unspecified atom stereocenters. The van der Waals surface area contributed by atoms with Gasteiger partial charge in [-0.2, -0.15) is 0 Å². The Morgan fingerprint density at radius 1 is 1.14 bits per heavy atom. The molecule has 2 heterocycles. The maximum atomic E-state index is 5.73. The molecule has 28 heavy (non-hydrogen) atoms. The summed E-state index contributed by atoms with van der Waals surface area (Å²) in [5.74, 6) is 3.40. The smallest absolute Gasteiger partial charge is 0.195 e. The monoisotopic (exact) mass is 500 g/mol. The Balaban J connectivity index is 0.00000280. The molecular weight excluding hydrogens is 471 g/mol. The first-order chi connectivity index (χ1) is 13.2. The van der Waals surface area contributed by atoms with Crippen LogP contribution in [0.5, 0.6) is 11.5 Å². The van der Waals surface area contributed by atoms with Crippen molar-refractivity contribution >= 4 is 35.6 Å². The highest BCUT2D eigenvalue weighted by Gasteiger charge is 2.14. The average molecular weight is 500 g/mol. The van der Waals surface area contributed by atoms with Gasteiger partial charge in [-0.3, -0.25) is 4.99 Å².